The van der Waals surface area contributed by atoms with Crippen molar-refractivity contribution < 1.29 is 20.1 Å². The minimum atomic E-state index is -1.20. The van der Waals surface area contributed by atoms with E-state index in [1.54, 1.807) is 6.08 Å². The van der Waals surface area contributed by atoms with Crippen molar-refractivity contribution in [3.63, 3.8) is 0 Å². The number of nitrogens with zero attached hydrogens (tertiary/aromatic N) is 1. The van der Waals surface area contributed by atoms with Gasteiger partial charge in [-0.1, -0.05) is 42.5 Å². The molecule has 3 N–H and O–H groups in total. The van der Waals surface area contributed by atoms with Crippen LogP contribution in [0.5, 0.6) is 11.8 Å². The number of allylic oxidation sites excluding steroid dienone is 1. The van der Waals surface area contributed by atoms with Crippen molar-refractivity contribution in [2.75, 3.05) is 0 Å². The Morgan fingerprint density at radius 1 is 1.23 bits per heavy atom. The van der Waals surface area contributed by atoms with Crippen LogP contribution in [0.25, 0.3) is 0 Å². The first kappa shape index (κ1) is 13.0. The van der Waals surface area contributed by atoms with E-state index in [1.165, 1.54) is 4.57 Å². The largest absolute Gasteiger partial charge is 0.494 e. The maximum absolute atomic E-state index is 11.7. The van der Waals surface area contributed by atoms with Gasteiger partial charge in [-0.05, 0) is 12.0 Å². The minimum absolute atomic E-state index is 0.0335. The molecule has 1 aromatic heterocycles. The maximum atomic E-state index is 11.7. The van der Waals surface area contributed by atoms with Crippen LogP contribution < -0.4 is 0 Å². The van der Waals surface area contributed by atoms with Crippen molar-refractivity contribution >= 4 is 5.97 Å². The van der Waals surface area contributed by atoms with Gasteiger partial charge in [0.1, 0.15) is 5.41 Å². The number of rotatable bonds is 3. The van der Waals surface area contributed by atoms with E-state index >= 15 is 0 Å². The van der Waals surface area contributed by atoms with Crippen molar-refractivity contribution in [1.29, 1.82) is 0 Å². The lowest BCUT2D eigenvalue weighted by Gasteiger charge is -2.19. The van der Waals surface area contributed by atoms with Crippen LogP contribution in [-0.2, 0) is 16.8 Å². The summed E-state index contributed by atoms with van der Waals surface area (Å²) in [5.74, 6) is -1.31. The van der Waals surface area contributed by atoms with Gasteiger partial charge in [0.2, 0.25) is 0 Å². The highest BCUT2D eigenvalue weighted by molar-refractivity contribution is 5.90. The van der Waals surface area contributed by atoms with Crippen molar-refractivity contribution in [3.8, 4) is 11.8 Å². The molecule has 0 spiro atoms. The molecule has 2 atom stereocenters. The number of benzene rings is 1. The Morgan fingerprint density at radius 3 is 2.64 bits per heavy atom. The molecule has 2 bridgehead atoms. The van der Waals surface area contributed by atoms with Gasteiger partial charge in [0, 0.05) is 17.0 Å². The molecule has 2 aromatic rings. The van der Waals surface area contributed by atoms with E-state index in [0.717, 1.165) is 5.56 Å². The number of aliphatic carboxylic acids is 1. The highest BCUT2D eigenvalue weighted by Gasteiger charge is 2.55. The van der Waals surface area contributed by atoms with Crippen LogP contribution in [0, 0.1) is 0 Å². The van der Waals surface area contributed by atoms with Gasteiger partial charge in [0.15, 0.2) is 11.8 Å². The Bertz CT molecular complexity index is 806. The average molecular weight is 297 g/mol. The normalized spacial score (nSPS) is 24.6. The molecule has 4 rings (SSSR count). The summed E-state index contributed by atoms with van der Waals surface area (Å²) in [4.78, 5) is 11.7. The molecule has 0 saturated heterocycles. The zero-order valence-corrected chi connectivity index (χ0v) is 11.7. The van der Waals surface area contributed by atoms with Gasteiger partial charge in [-0.3, -0.25) is 9.36 Å². The van der Waals surface area contributed by atoms with E-state index in [-0.39, 0.29) is 17.7 Å². The molecule has 0 saturated carbocycles. The zero-order chi connectivity index (χ0) is 15.5. The standard InChI is InChI=1S/C17H15NO4/c19-14-12-11-6-7-17(8-11,16(21)22)13(12)15(20)18(14)9-10-4-2-1-3-5-10/h1-7,11,19-20H,8-9H2,(H,21,22). The number of carboxylic acid groups (broad SMARTS) is 1. The molecular weight excluding hydrogens is 282 g/mol. The zero-order valence-electron chi connectivity index (χ0n) is 11.7. The first-order chi connectivity index (χ1) is 10.5. The third kappa shape index (κ3) is 1.45. The molecule has 22 heavy (non-hydrogen) atoms. The molecule has 2 unspecified atom stereocenters. The lowest BCUT2D eigenvalue weighted by molar-refractivity contribution is -0.141. The predicted molar refractivity (Wildman–Crippen MR) is 79.1 cm³/mol. The summed E-state index contributed by atoms with van der Waals surface area (Å²) >= 11 is 0. The first-order valence-corrected chi connectivity index (χ1v) is 7.16. The quantitative estimate of drug-likeness (QED) is 0.759. The molecule has 2 aliphatic rings. The molecule has 1 aromatic carbocycles. The fraction of sp³-hybridized carbons (Fsp3) is 0.235. The van der Waals surface area contributed by atoms with Crippen LogP contribution >= 0.6 is 0 Å². The number of carbonyl (C=O) groups is 1. The van der Waals surface area contributed by atoms with E-state index in [9.17, 15) is 20.1 Å². The highest BCUT2D eigenvalue weighted by Crippen LogP contribution is 2.59. The van der Waals surface area contributed by atoms with E-state index in [2.05, 4.69) is 0 Å². The van der Waals surface area contributed by atoms with Crippen LogP contribution in [0.1, 0.15) is 29.0 Å². The fourth-order valence-electron chi connectivity index (χ4n) is 3.73. The van der Waals surface area contributed by atoms with Crippen LogP contribution in [-0.4, -0.2) is 25.9 Å². The second kappa shape index (κ2) is 4.16. The van der Waals surface area contributed by atoms with Crippen LogP contribution in [0.15, 0.2) is 42.5 Å². The van der Waals surface area contributed by atoms with Crippen LogP contribution in [0.3, 0.4) is 0 Å². The number of hydrogen-bond donors (Lipinski definition) is 3. The summed E-state index contributed by atoms with van der Waals surface area (Å²) in [6.07, 6.45) is 3.82. The second-order valence-corrected chi connectivity index (χ2v) is 5.95. The summed E-state index contributed by atoms with van der Waals surface area (Å²) < 4.78 is 1.39. The Hall–Kier alpha value is -2.69. The van der Waals surface area contributed by atoms with Gasteiger partial charge >= 0.3 is 5.97 Å². The van der Waals surface area contributed by atoms with E-state index in [1.807, 2.05) is 36.4 Å². The molecule has 112 valence electrons. The monoisotopic (exact) mass is 297 g/mol. The number of carboxylic acids is 1. The maximum Gasteiger partial charge on any atom is 0.318 e. The summed E-state index contributed by atoms with van der Waals surface area (Å²) in [6, 6.07) is 9.44. The van der Waals surface area contributed by atoms with Gasteiger partial charge < -0.3 is 15.3 Å². The SMILES string of the molecule is O=C(O)C12C=CC(C1)c1c2c(O)n(Cc2ccccc2)c1O. The van der Waals surface area contributed by atoms with E-state index in [0.29, 0.717) is 24.1 Å². The van der Waals surface area contributed by atoms with Gasteiger partial charge in [-0.25, -0.2) is 0 Å². The fourth-order valence-corrected chi connectivity index (χ4v) is 3.73. The molecule has 1 heterocycles. The number of aromatic nitrogens is 1. The summed E-state index contributed by atoms with van der Waals surface area (Å²) in [6.45, 7) is 0.300. The van der Waals surface area contributed by atoms with Gasteiger partial charge in [-0.15, -0.1) is 0 Å². The Morgan fingerprint density at radius 2 is 1.95 bits per heavy atom. The Balaban J connectivity index is 1.86. The van der Waals surface area contributed by atoms with E-state index in [4.69, 9.17) is 0 Å². The average Bonchev–Trinajstić information content (AvgIpc) is 3.16. The second-order valence-electron chi connectivity index (χ2n) is 5.95. The number of aromatic hydroxyl groups is 2. The minimum Gasteiger partial charge on any atom is -0.494 e. The lowest BCUT2D eigenvalue weighted by atomic mass is 9.84. The molecule has 0 amide bonds. The first-order valence-electron chi connectivity index (χ1n) is 7.16. The highest BCUT2D eigenvalue weighted by atomic mass is 16.4. The van der Waals surface area contributed by atoms with Crippen molar-refractivity contribution in [2.24, 2.45) is 0 Å². The lowest BCUT2D eigenvalue weighted by Crippen LogP contribution is -2.29. The molecule has 5 nitrogen and oxygen atoms in total. The van der Waals surface area contributed by atoms with Crippen LogP contribution in [0.2, 0.25) is 0 Å². The summed E-state index contributed by atoms with van der Waals surface area (Å²) in [7, 11) is 0. The van der Waals surface area contributed by atoms with Crippen LogP contribution in [0.4, 0.5) is 0 Å². The van der Waals surface area contributed by atoms with Crippen molar-refractivity contribution in [3.05, 3.63) is 59.2 Å². The Labute approximate surface area is 126 Å². The topological polar surface area (TPSA) is 82.7 Å². The molecule has 5 heteroatoms. The number of hydrogen-bond acceptors (Lipinski definition) is 3. The molecule has 2 aliphatic carbocycles. The molecular formula is C17H15NO4. The van der Waals surface area contributed by atoms with Crippen molar-refractivity contribution in [2.45, 2.75) is 24.3 Å². The third-order valence-corrected chi connectivity index (χ3v) is 4.78. The predicted octanol–water partition coefficient (Wildman–Crippen LogP) is 2.33. The molecule has 0 radical (unpaired) electrons. The third-order valence-electron chi connectivity index (χ3n) is 4.78. The van der Waals surface area contributed by atoms with Gasteiger partial charge in [-0.2, -0.15) is 0 Å². The van der Waals surface area contributed by atoms with Gasteiger partial charge in [0.25, 0.3) is 0 Å². The smallest absolute Gasteiger partial charge is 0.318 e. The number of fused-ring (bicyclic) bond motifs is 5. The molecule has 0 fully saturated rings. The summed E-state index contributed by atoms with van der Waals surface area (Å²) in [5, 5.41) is 30.6. The summed E-state index contributed by atoms with van der Waals surface area (Å²) in [5.41, 5.74) is 0.620. The Kier molecular flexibility index (Phi) is 2.46. The van der Waals surface area contributed by atoms with E-state index < -0.39 is 11.4 Å². The van der Waals surface area contributed by atoms with Gasteiger partial charge in [0.05, 0.1) is 6.54 Å². The molecule has 0 aliphatic heterocycles. The van der Waals surface area contributed by atoms with Crippen molar-refractivity contribution in [1.82, 2.24) is 4.57 Å².